The van der Waals surface area contributed by atoms with E-state index in [1.807, 2.05) is 6.92 Å². The molecule has 1 atom stereocenters. The largest absolute Gasteiger partial charge is 0.377 e. The van der Waals surface area contributed by atoms with Crippen molar-refractivity contribution in [3.8, 4) is 6.07 Å². The molecule has 1 unspecified atom stereocenters. The minimum atomic E-state index is -0.555. The lowest BCUT2D eigenvalue weighted by atomic mass is 10.1. The molecule has 1 N–H and O–H groups in total. The summed E-state index contributed by atoms with van der Waals surface area (Å²) >= 11 is 0. The molecule has 3 nitrogen and oxygen atoms in total. The number of nitrogens with zero attached hydrogens (tertiary/aromatic N) is 2. The van der Waals surface area contributed by atoms with Gasteiger partial charge in [0, 0.05) is 5.69 Å². The molecule has 0 bridgehead atoms. The van der Waals surface area contributed by atoms with Gasteiger partial charge >= 0.3 is 0 Å². The van der Waals surface area contributed by atoms with Gasteiger partial charge in [-0.15, -0.1) is 0 Å². The zero-order valence-corrected chi connectivity index (χ0v) is 10.2. The normalized spacial score (nSPS) is 11.7. The first-order chi connectivity index (χ1) is 9.10. The van der Waals surface area contributed by atoms with Crippen LogP contribution in [0.2, 0.25) is 0 Å². The van der Waals surface area contributed by atoms with Crippen LogP contribution < -0.4 is 5.32 Å². The fourth-order valence-corrected chi connectivity index (χ4v) is 1.67. The highest BCUT2D eigenvalue weighted by molar-refractivity contribution is 5.50. The molecule has 96 valence electrons. The molecule has 0 fully saturated rings. The molecule has 1 aromatic carbocycles. The van der Waals surface area contributed by atoms with E-state index >= 15 is 0 Å². The summed E-state index contributed by atoms with van der Waals surface area (Å²) in [6, 6.07) is 8.68. The predicted molar refractivity (Wildman–Crippen MR) is 67.3 cm³/mol. The van der Waals surface area contributed by atoms with E-state index in [2.05, 4.69) is 10.3 Å². The molecule has 0 saturated heterocycles. The highest BCUT2D eigenvalue weighted by atomic mass is 19.1. The van der Waals surface area contributed by atoms with Gasteiger partial charge in [-0.1, -0.05) is 0 Å². The van der Waals surface area contributed by atoms with Crippen molar-refractivity contribution in [3.05, 3.63) is 59.4 Å². The molecule has 0 aliphatic rings. The van der Waals surface area contributed by atoms with Crippen LogP contribution in [0.25, 0.3) is 0 Å². The molecule has 1 aromatic heterocycles. The summed E-state index contributed by atoms with van der Waals surface area (Å²) in [5.41, 5.74) is 1.24. The Hall–Kier alpha value is -2.48. The number of hydrogen-bond acceptors (Lipinski definition) is 3. The molecule has 0 aliphatic heterocycles. The van der Waals surface area contributed by atoms with Crippen LogP contribution in [0.15, 0.2) is 36.5 Å². The lowest BCUT2D eigenvalue weighted by Crippen LogP contribution is -2.08. The average molecular weight is 259 g/mol. The smallest absolute Gasteiger partial charge is 0.141 e. The summed E-state index contributed by atoms with van der Waals surface area (Å²) in [6.07, 6.45) is 1.14. The van der Waals surface area contributed by atoms with Crippen molar-refractivity contribution in [3.63, 3.8) is 0 Å². The summed E-state index contributed by atoms with van der Waals surface area (Å²) in [6.45, 7) is 1.84. The average Bonchev–Trinajstić information content (AvgIpc) is 2.41. The van der Waals surface area contributed by atoms with E-state index in [4.69, 9.17) is 5.26 Å². The molecule has 0 amide bonds. The quantitative estimate of drug-likeness (QED) is 0.918. The maximum atomic E-state index is 13.2. The van der Waals surface area contributed by atoms with Crippen molar-refractivity contribution < 1.29 is 8.78 Å². The lowest BCUT2D eigenvalue weighted by molar-refractivity contribution is 0.617. The number of pyridine rings is 1. The van der Waals surface area contributed by atoms with Crippen molar-refractivity contribution in [1.82, 2.24) is 4.98 Å². The number of nitriles is 1. The van der Waals surface area contributed by atoms with Crippen LogP contribution in [0.4, 0.5) is 14.5 Å². The molecule has 0 saturated carbocycles. The summed E-state index contributed by atoms with van der Waals surface area (Å²) in [7, 11) is 0. The fraction of sp³-hybridized carbons (Fsp3) is 0.143. The van der Waals surface area contributed by atoms with Crippen molar-refractivity contribution in [2.45, 2.75) is 13.0 Å². The third-order valence-corrected chi connectivity index (χ3v) is 2.66. The number of nitrogens with one attached hydrogen (secondary N) is 1. The van der Waals surface area contributed by atoms with Crippen LogP contribution in [0.1, 0.15) is 24.2 Å². The fourth-order valence-electron chi connectivity index (χ4n) is 1.67. The van der Waals surface area contributed by atoms with Gasteiger partial charge in [0.1, 0.15) is 17.7 Å². The molecule has 1 heterocycles. The first-order valence-electron chi connectivity index (χ1n) is 5.68. The van der Waals surface area contributed by atoms with E-state index in [0.29, 0.717) is 11.4 Å². The van der Waals surface area contributed by atoms with E-state index in [9.17, 15) is 8.78 Å². The van der Waals surface area contributed by atoms with Crippen molar-refractivity contribution in [2.24, 2.45) is 0 Å². The van der Waals surface area contributed by atoms with Crippen LogP contribution >= 0.6 is 0 Å². The van der Waals surface area contributed by atoms with Gasteiger partial charge in [0.2, 0.25) is 0 Å². The maximum Gasteiger partial charge on any atom is 0.141 e. The van der Waals surface area contributed by atoms with Crippen LogP contribution in [0.3, 0.4) is 0 Å². The summed E-state index contributed by atoms with van der Waals surface area (Å²) in [5.74, 6) is -0.954. The van der Waals surface area contributed by atoms with Crippen molar-refractivity contribution >= 4 is 5.69 Å². The molecular formula is C14H11F2N3. The predicted octanol–water partition coefficient (Wildman–Crippen LogP) is 3.40. The standard InChI is InChI=1S/C14H11F2N3/c1-9(14-5-2-11(15)8-18-14)19-12-3-4-13(16)10(6-12)7-17/h2-6,8-9,19H,1H3. The molecule has 0 radical (unpaired) electrons. The Bertz CT molecular complexity index is 618. The Morgan fingerprint density at radius 2 is 2.05 bits per heavy atom. The highest BCUT2D eigenvalue weighted by Gasteiger charge is 2.09. The van der Waals surface area contributed by atoms with Gasteiger partial charge in [0.25, 0.3) is 0 Å². The van der Waals surface area contributed by atoms with Gasteiger partial charge in [0.05, 0.1) is 23.5 Å². The second kappa shape index (κ2) is 5.44. The van der Waals surface area contributed by atoms with Gasteiger partial charge < -0.3 is 5.32 Å². The maximum absolute atomic E-state index is 13.2. The Kier molecular flexibility index (Phi) is 3.71. The summed E-state index contributed by atoms with van der Waals surface area (Å²) < 4.78 is 25.9. The second-order valence-corrected chi connectivity index (χ2v) is 4.07. The van der Waals surface area contributed by atoms with Crippen LogP contribution in [-0.4, -0.2) is 4.98 Å². The SMILES string of the molecule is CC(Nc1ccc(F)c(C#N)c1)c1ccc(F)cn1. The van der Waals surface area contributed by atoms with Gasteiger partial charge in [-0.2, -0.15) is 5.26 Å². The minimum absolute atomic E-state index is 0.0238. The third-order valence-electron chi connectivity index (χ3n) is 2.66. The van der Waals surface area contributed by atoms with Gasteiger partial charge in [-0.25, -0.2) is 8.78 Å². The zero-order chi connectivity index (χ0) is 13.8. The number of aromatic nitrogens is 1. The van der Waals surface area contributed by atoms with Gasteiger partial charge in [0.15, 0.2) is 0 Å². The van der Waals surface area contributed by atoms with Gasteiger partial charge in [-0.3, -0.25) is 4.98 Å². The molecular weight excluding hydrogens is 248 g/mol. The number of benzene rings is 1. The van der Waals surface area contributed by atoms with E-state index in [1.165, 1.54) is 24.3 Å². The Labute approximate surface area is 109 Å². The summed E-state index contributed by atoms with van der Waals surface area (Å²) in [4.78, 5) is 3.96. The first-order valence-corrected chi connectivity index (χ1v) is 5.68. The highest BCUT2D eigenvalue weighted by Crippen LogP contribution is 2.20. The first kappa shape index (κ1) is 13.0. The minimum Gasteiger partial charge on any atom is -0.377 e. The molecule has 19 heavy (non-hydrogen) atoms. The second-order valence-electron chi connectivity index (χ2n) is 4.07. The molecule has 0 aliphatic carbocycles. The lowest BCUT2D eigenvalue weighted by Gasteiger charge is -2.15. The monoisotopic (exact) mass is 259 g/mol. The Balaban J connectivity index is 2.17. The number of hydrogen-bond donors (Lipinski definition) is 1. The van der Waals surface area contributed by atoms with Gasteiger partial charge in [-0.05, 0) is 37.3 Å². The Morgan fingerprint density at radius 3 is 2.68 bits per heavy atom. The van der Waals surface area contributed by atoms with E-state index in [1.54, 1.807) is 12.1 Å². The van der Waals surface area contributed by atoms with E-state index in [0.717, 1.165) is 6.20 Å². The number of halogens is 2. The molecule has 2 rings (SSSR count). The molecule has 0 spiro atoms. The molecule has 5 heteroatoms. The van der Waals surface area contributed by atoms with Crippen molar-refractivity contribution in [2.75, 3.05) is 5.32 Å². The third kappa shape index (κ3) is 3.05. The van der Waals surface area contributed by atoms with Crippen LogP contribution in [-0.2, 0) is 0 Å². The molecule has 2 aromatic rings. The Morgan fingerprint density at radius 1 is 1.26 bits per heavy atom. The van der Waals surface area contributed by atoms with Crippen LogP contribution in [0.5, 0.6) is 0 Å². The van der Waals surface area contributed by atoms with E-state index < -0.39 is 11.6 Å². The topological polar surface area (TPSA) is 48.7 Å². The van der Waals surface area contributed by atoms with E-state index in [-0.39, 0.29) is 11.6 Å². The zero-order valence-electron chi connectivity index (χ0n) is 10.2. The van der Waals surface area contributed by atoms with Crippen LogP contribution in [0, 0.1) is 23.0 Å². The number of anilines is 1. The van der Waals surface area contributed by atoms with Crippen molar-refractivity contribution in [1.29, 1.82) is 5.26 Å². The summed E-state index contributed by atoms with van der Waals surface area (Å²) in [5, 5.41) is 11.8. The number of rotatable bonds is 3.